The first kappa shape index (κ1) is 21.2. The normalized spacial score (nSPS) is 11.3. The van der Waals surface area contributed by atoms with Crippen LogP contribution >= 0.6 is 0 Å². The Morgan fingerprint density at radius 1 is 1.03 bits per heavy atom. The number of hydrogen-bond acceptors (Lipinski definition) is 8. The fourth-order valence-electron chi connectivity index (χ4n) is 3.01. The van der Waals surface area contributed by atoms with Crippen LogP contribution in [-0.2, 0) is 26.1 Å². The van der Waals surface area contributed by atoms with Crippen LogP contribution in [0, 0.1) is 0 Å². The summed E-state index contributed by atoms with van der Waals surface area (Å²) in [7, 11) is -3.67. The highest BCUT2D eigenvalue weighted by Gasteiger charge is 2.15. The van der Waals surface area contributed by atoms with E-state index in [0.29, 0.717) is 28.2 Å². The molecule has 0 bridgehead atoms. The van der Waals surface area contributed by atoms with Gasteiger partial charge in [0.25, 0.3) is 10.0 Å². The quantitative estimate of drug-likeness (QED) is 0.391. The molecule has 4 rings (SSSR count). The molecule has 2 aromatic carbocycles. The maximum atomic E-state index is 12.5. The third-order valence-corrected chi connectivity index (χ3v) is 5.87. The van der Waals surface area contributed by atoms with Crippen molar-refractivity contribution in [2.45, 2.75) is 18.4 Å². The van der Waals surface area contributed by atoms with E-state index in [2.05, 4.69) is 25.1 Å². The molecular formula is C21H20N6O4S. The minimum Gasteiger partial charge on any atom is -0.465 e. The Balaban J connectivity index is 1.50. The van der Waals surface area contributed by atoms with E-state index in [1.807, 2.05) is 0 Å². The zero-order valence-electron chi connectivity index (χ0n) is 17.1. The zero-order chi connectivity index (χ0) is 22.6. The van der Waals surface area contributed by atoms with Gasteiger partial charge in [0.2, 0.25) is 0 Å². The second kappa shape index (κ2) is 9.02. The third kappa shape index (κ3) is 4.67. The Morgan fingerprint density at radius 2 is 1.75 bits per heavy atom. The molecule has 32 heavy (non-hydrogen) atoms. The Labute approximate surface area is 184 Å². The number of benzene rings is 2. The number of hydrogen-bond donors (Lipinski definition) is 2. The SMILES string of the molecule is CCOC(=O)Cn1ncc2c(Nc3ccc(NS(=O)(=O)c4ccccc4)cc3)ncnc21. The van der Waals surface area contributed by atoms with Gasteiger partial charge in [-0.25, -0.2) is 23.1 Å². The van der Waals surface area contributed by atoms with Crippen LogP contribution in [0.2, 0.25) is 0 Å². The summed E-state index contributed by atoms with van der Waals surface area (Å²) in [6.07, 6.45) is 2.94. The van der Waals surface area contributed by atoms with E-state index in [0.717, 1.165) is 0 Å². The van der Waals surface area contributed by atoms with Crippen LogP contribution in [0.4, 0.5) is 17.2 Å². The molecule has 0 atom stereocenters. The van der Waals surface area contributed by atoms with Gasteiger partial charge in [-0.1, -0.05) is 18.2 Å². The van der Waals surface area contributed by atoms with Crippen molar-refractivity contribution in [1.82, 2.24) is 19.7 Å². The molecule has 0 fully saturated rings. The minimum absolute atomic E-state index is 0.0515. The van der Waals surface area contributed by atoms with Crippen molar-refractivity contribution in [3.05, 3.63) is 67.1 Å². The molecule has 0 saturated heterocycles. The molecule has 164 valence electrons. The van der Waals surface area contributed by atoms with Crippen LogP contribution in [0.25, 0.3) is 11.0 Å². The number of sulfonamides is 1. The summed E-state index contributed by atoms with van der Waals surface area (Å²) < 4.78 is 33.9. The predicted octanol–water partition coefficient (Wildman–Crippen LogP) is 2.93. The first-order chi connectivity index (χ1) is 15.5. The van der Waals surface area contributed by atoms with Crippen LogP contribution in [0.3, 0.4) is 0 Å². The molecule has 0 aliphatic carbocycles. The molecule has 0 radical (unpaired) electrons. The molecule has 2 N–H and O–H groups in total. The van der Waals surface area contributed by atoms with E-state index in [1.54, 1.807) is 55.6 Å². The average molecular weight is 452 g/mol. The van der Waals surface area contributed by atoms with Crippen molar-refractivity contribution in [2.24, 2.45) is 0 Å². The molecule has 0 unspecified atom stereocenters. The Morgan fingerprint density at radius 3 is 2.47 bits per heavy atom. The Bertz CT molecular complexity index is 1340. The van der Waals surface area contributed by atoms with Gasteiger partial charge in [0.1, 0.15) is 18.7 Å². The lowest BCUT2D eigenvalue weighted by molar-refractivity contribution is -0.143. The summed E-state index contributed by atoms with van der Waals surface area (Å²) in [4.78, 5) is 20.4. The highest BCUT2D eigenvalue weighted by Crippen LogP contribution is 2.24. The van der Waals surface area contributed by atoms with E-state index in [1.165, 1.54) is 23.1 Å². The van der Waals surface area contributed by atoms with Crippen molar-refractivity contribution in [3.8, 4) is 0 Å². The smallest absolute Gasteiger partial charge is 0.327 e. The number of rotatable bonds is 8. The van der Waals surface area contributed by atoms with E-state index in [9.17, 15) is 13.2 Å². The van der Waals surface area contributed by atoms with Gasteiger partial charge in [-0.2, -0.15) is 5.10 Å². The molecule has 0 saturated carbocycles. The molecule has 0 aliphatic rings. The third-order valence-electron chi connectivity index (χ3n) is 4.47. The number of nitrogens with zero attached hydrogens (tertiary/aromatic N) is 4. The van der Waals surface area contributed by atoms with Crippen molar-refractivity contribution in [2.75, 3.05) is 16.6 Å². The zero-order valence-corrected chi connectivity index (χ0v) is 17.9. The molecule has 0 spiro atoms. The Kier molecular flexibility index (Phi) is 5.99. The summed E-state index contributed by atoms with van der Waals surface area (Å²) in [6, 6.07) is 14.9. The summed E-state index contributed by atoms with van der Waals surface area (Å²) in [6.45, 7) is 1.97. The largest absolute Gasteiger partial charge is 0.465 e. The molecule has 10 nitrogen and oxygen atoms in total. The number of fused-ring (bicyclic) bond motifs is 1. The standard InChI is InChI=1S/C21H20N6O4S/c1-2-31-19(28)13-27-21-18(12-24-27)20(22-14-23-21)25-15-8-10-16(11-9-15)26-32(29,30)17-6-4-3-5-7-17/h3-12,14,26H,2,13H2,1H3,(H,22,23,25). The van der Waals surface area contributed by atoms with E-state index >= 15 is 0 Å². The molecule has 2 heterocycles. The molecule has 0 aliphatic heterocycles. The second-order valence-corrected chi connectivity index (χ2v) is 8.37. The molecular weight excluding hydrogens is 432 g/mol. The van der Waals surface area contributed by atoms with Gasteiger partial charge >= 0.3 is 5.97 Å². The number of esters is 1. The van der Waals surface area contributed by atoms with Crippen LogP contribution in [0.5, 0.6) is 0 Å². The maximum absolute atomic E-state index is 12.5. The van der Waals surface area contributed by atoms with Crippen LogP contribution < -0.4 is 10.0 Å². The highest BCUT2D eigenvalue weighted by atomic mass is 32.2. The fourth-order valence-corrected chi connectivity index (χ4v) is 4.09. The van der Waals surface area contributed by atoms with Crippen molar-refractivity contribution in [1.29, 1.82) is 0 Å². The first-order valence-electron chi connectivity index (χ1n) is 9.73. The molecule has 11 heteroatoms. The molecule has 4 aromatic rings. The van der Waals surface area contributed by atoms with Crippen molar-refractivity contribution in [3.63, 3.8) is 0 Å². The van der Waals surface area contributed by atoms with E-state index in [-0.39, 0.29) is 18.0 Å². The number of aromatic nitrogens is 4. The lowest BCUT2D eigenvalue weighted by Crippen LogP contribution is -2.14. The van der Waals surface area contributed by atoms with Gasteiger partial charge in [0, 0.05) is 11.4 Å². The monoisotopic (exact) mass is 452 g/mol. The summed E-state index contributed by atoms with van der Waals surface area (Å²) in [5.74, 6) is 0.0990. The second-order valence-electron chi connectivity index (χ2n) is 6.69. The van der Waals surface area contributed by atoms with E-state index in [4.69, 9.17) is 4.74 Å². The average Bonchev–Trinajstić information content (AvgIpc) is 3.19. The Hall–Kier alpha value is -3.99. The maximum Gasteiger partial charge on any atom is 0.327 e. The number of ether oxygens (including phenoxy) is 1. The lowest BCUT2D eigenvalue weighted by atomic mass is 10.3. The summed E-state index contributed by atoms with van der Waals surface area (Å²) in [5, 5.41) is 7.99. The lowest BCUT2D eigenvalue weighted by Gasteiger charge is -2.10. The minimum atomic E-state index is -3.67. The van der Waals surface area contributed by atoms with Gasteiger partial charge in [-0.05, 0) is 43.3 Å². The van der Waals surface area contributed by atoms with Gasteiger partial charge in [-0.15, -0.1) is 0 Å². The first-order valence-corrected chi connectivity index (χ1v) is 11.2. The fraction of sp³-hybridized carbons (Fsp3) is 0.143. The summed E-state index contributed by atoms with van der Waals surface area (Å²) in [5.41, 5.74) is 1.60. The number of anilines is 3. The number of carbonyl (C=O) groups is 1. The number of carbonyl (C=O) groups excluding carboxylic acids is 1. The van der Waals surface area contributed by atoms with Gasteiger partial charge in [0.05, 0.1) is 23.1 Å². The van der Waals surface area contributed by atoms with Crippen LogP contribution in [-0.4, -0.2) is 40.7 Å². The van der Waals surface area contributed by atoms with Crippen molar-refractivity contribution < 1.29 is 17.9 Å². The van der Waals surface area contributed by atoms with Crippen LogP contribution in [0.15, 0.2) is 72.0 Å². The number of nitrogens with one attached hydrogen (secondary N) is 2. The van der Waals surface area contributed by atoms with Crippen molar-refractivity contribution >= 4 is 44.2 Å². The topological polar surface area (TPSA) is 128 Å². The van der Waals surface area contributed by atoms with Crippen LogP contribution in [0.1, 0.15) is 6.92 Å². The van der Waals surface area contributed by atoms with E-state index < -0.39 is 16.0 Å². The summed E-state index contributed by atoms with van der Waals surface area (Å²) >= 11 is 0. The van der Waals surface area contributed by atoms with Gasteiger partial charge in [0.15, 0.2) is 5.65 Å². The highest BCUT2D eigenvalue weighted by molar-refractivity contribution is 7.92. The van der Waals surface area contributed by atoms with Gasteiger partial charge < -0.3 is 10.1 Å². The molecule has 0 amide bonds. The van der Waals surface area contributed by atoms with Gasteiger partial charge in [-0.3, -0.25) is 9.52 Å². The predicted molar refractivity (Wildman–Crippen MR) is 119 cm³/mol. The molecule has 2 aromatic heterocycles.